The van der Waals surface area contributed by atoms with Crippen LogP contribution < -0.4 is 0 Å². The molecule has 1 aromatic rings. The van der Waals surface area contributed by atoms with Gasteiger partial charge in [-0.3, -0.25) is 19.8 Å². The molecular formula is C17H23N3O4. The Hall–Kier alpha value is -1.99. The lowest BCUT2D eigenvalue weighted by atomic mass is 10.1. The van der Waals surface area contributed by atoms with E-state index in [1.54, 1.807) is 11.0 Å². The van der Waals surface area contributed by atoms with Gasteiger partial charge in [-0.1, -0.05) is 6.07 Å². The Morgan fingerprint density at radius 2 is 2.08 bits per heavy atom. The molecule has 0 aliphatic carbocycles. The van der Waals surface area contributed by atoms with Gasteiger partial charge in [-0.05, 0) is 24.8 Å². The number of hydrogen-bond donors (Lipinski definition) is 0. The average Bonchev–Trinajstić information content (AvgIpc) is 3.08. The van der Waals surface area contributed by atoms with Gasteiger partial charge in [0.1, 0.15) is 0 Å². The summed E-state index contributed by atoms with van der Waals surface area (Å²) in [5.41, 5.74) is 1.17. The number of nitro benzene ring substituents is 1. The molecule has 24 heavy (non-hydrogen) atoms. The van der Waals surface area contributed by atoms with Gasteiger partial charge in [0.2, 0.25) is 0 Å². The Morgan fingerprint density at radius 3 is 2.71 bits per heavy atom. The van der Waals surface area contributed by atoms with Crippen LogP contribution >= 0.6 is 0 Å². The lowest BCUT2D eigenvalue weighted by Gasteiger charge is -2.36. The molecule has 2 aliphatic heterocycles. The molecule has 1 amide bonds. The van der Waals surface area contributed by atoms with E-state index in [1.807, 2.05) is 6.92 Å². The first kappa shape index (κ1) is 16.9. The van der Waals surface area contributed by atoms with Crippen LogP contribution in [0.2, 0.25) is 0 Å². The molecule has 3 rings (SSSR count). The molecule has 0 unspecified atom stereocenters. The number of carbonyl (C=O) groups is 1. The molecule has 1 atom stereocenters. The summed E-state index contributed by atoms with van der Waals surface area (Å²) in [6.07, 6.45) is 1.12. The quantitative estimate of drug-likeness (QED) is 0.619. The molecule has 2 heterocycles. The number of hydrogen-bond acceptors (Lipinski definition) is 5. The van der Waals surface area contributed by atoms with Crippen molar-refractivity contribution < 1.29 is 14.5 Å². The maximum absolute atomic E-state index is 12.7. The molecule has 130 valence electrons. The molecule has 0 N–H and O–H groups in total. The smallest absolute Gasteiger partial charge is 0.270 e. The van der Waals surface area contributed by atoms with Gasteiger partial charge in [0.05, 0.1) is 11.5 Å². The van der Waals surface area contributed by atoms with Crippen molar-refractivity contribution in [2.24, 2.45) is 5.92 Å². The molecule has 2 saturated heterocycles. The lowest BCUT2D eigenvalue weighted by molar-refractivity contribution is -0.384. The van der Waals surface area contributed by atoms with Crippen LogP contribution in [-0.2, 0) is 4.74 Å². The number of amides is 1. The Balaban J connectivity index is 1.60. The number of aryl methyl sites for hydroxylation is 1. The number of piperazine rings is 1. The van der Waals surface area contributed by atoms with E-state index in [1.165, 1.54) is 12.1 Å². The summed E-state index contributed by atoms with van der Waals surface area (Å²) in [5, 5.41) is 10.9. The second-order valence-corrected chi connectivity index (χ2v) is 6.58. The first-order valence-electron chi connectivity index (χ1n) is 8.39. The summed E-state index contributed by atoms with van der Waals surface area (Å²) >= 11 is 0. The number of carbonyl (C=O) groups excluding carboxylic acids is 1. The topological polar surface area (TPSA) is 75.9 Å². The van der Waals surface area contributed by atoms with Gasteiger partial charge in [-0.25, -0.2) is 0 Å². The van der Waals surface area contributed by atoms with Crippen LogP contribution in [0.1, 0.15) is 22.3 Å². The highest BCUT2D eigenvalue weighted by molar-refractivity contribution is 5.96. The molecular weight excluding hydrogens is 310 g/mol. The van der Waals surface area contributed by atoms with Crippen LogP contribution in [0.3, 0.4) is 0 Å². The molecule has 7 heteroatoms. The normalized spacial score (nSPS) is 21.9. The zero-order chi connectivity index (χ0) is 17.1. The minimum absolute atomic E-state index is 0.0381. The summed E-state index contributed by atoms with van der Waals surface area (Å²) in [6.45, 7) is 7.54. The van der Waals surface area contributed by atoms with Crippen molar-refractivity contribution in [3.63, 3.8) is 0 Å². The predicted molar refractivity (Wildman–Crippen MR) is 89.1 cm³/mol. The summed E-state index contributed by atoms with van der Waals surface area (Å²) in [4.78, 5) is 27.4. The first-order valence-corrected chi connectivity index (χ1v) is 8.39. The molecule has 0 bridgehead atoms. The van der Waals surface area contributed by atoms with Crippen LogP contribution in [0.4, 0.5) is 5.69 Å². The number of nitro groups is 1. The van der Waals surface area contributed by atoms with Crippen molar-refractivity contribution in [2.75, 3.05) is 45.9 Å². The Labute approximate surface area is 141 Å². The van der Waals surface area contributed by atoms with Gasteiger partial charge in [0.15, 0.2) is 0 Å². The standard InChI is InChI=1S/C17H23N3O4/c1-13-2-3-15(20(22)23)10-16(13)17(21)19-7-5-18(6-8-19)11-14-4-9-24-12-14/h2-3,10,14H,4-9,11-12H2,1H3/t14-/m1/s1. The maximum Gasteiger partial charge on any atom is 0.270 e. The van der Waals surface area contributed by atoms with Crippen molar-refractivity contribution in [3.05, 3.63) is 39.4 Å². The first-order chi connectivity index (χ1) is 11.5. The summed E-state index contributed by atoms with van der Waals surface area (Å²) in [7, 11) is 0. The van der Waals surface area contributed by atoms with E-state index in [9.17, 15) is 14.9 Å². The third-order valence-electron chi connectivity index (χ3n) is 4.86. The molecule has 0 aromatic heterocycles. The minimum Gasteiger partial charge on any atom is -0.381 e. The third-order valence-corrected chi connectivity index (χ3v) is 4.86. The highest BCUT2D eigenvalue weighted by atomic mass is 16.6. The van der Waals surface area contributed by atoms with Gasteiger partial charge in [0, 0.05) is 57.0 Å². The number of benzene rings is 1. The fourth-order valence-corrected chi connectivity index (χ4v) is 3.35. The monoisotopic (exact) mass is 333 g/mol. The number of nitrogens with zero attached hydrogens (tertiary/aromatic N) is 3. The Morgan fingerprint density at radius 1 is 1.33 bits per heavy atom. The second kappa shape index (κ2) is 7.27. The van der Waals surface area contributed by atoms with E-state index in [0.29, 0.717) is 24.6 Å². The van der Waals surface area contributed by atoms with E-state index < -0.39 is 4.92 Å². The van der Waals surface area contributed by atoms with Crippen molar-refractivity contribution in [1.82, 2.24) is 9.80 Å². The van der Waals surface area contributed by atoms with Crippen LogP contribution in [0, 0.1) is 23.0 Å². The zero-order valence-corrected chi connectivity index (χ0v) is 13.9. The van der Waals surface area contributed by atoms with Crippen molar-refractivity contribution in [3.8, 4) is 0 Å². The molecule has 2 aliphatic rings. The second-order valence-electron chi connectivity index (χ2n) is 6.58. The van der Waals surface area contributed by atoms with Gasteiger partial charge in [-0.2, -0.15) is 0 Å². The highest BCUT2D eigenvalue weighted by Gasteiger charge is 2.26. The molecule has 0 saturated carbocycles. The summed E-state index contributed by atoms with van der Waals surface area (Å²) in [5.74, 6) is 0.492. The largest absolute Gasteiger partial charge is 0.381 e. The van der Waals surface area contributed by atoms with E-state index in [2.05, 4.69) is 4.90 Å². The molecule has 2 fully saturated rings. The van der Waals surface area contributed by atoms with Crippen molar-refractivity contribution in [1.29, 1.82) is 0 Å². The SMILES string of the molecule is Cc1ccc([N+](=O)[O-])cc1C(=O)N1CCN(C[C@H]2CCOC2)CC1. The molecule has 0 radical (unpaired) electrons. The fourth-order valence-electron chi connectivity index (χ4n) is 3.35. The van der Waals surface area contributed by atoms with E-state index in [-0.39, 0.29) is 11.6 Å². The van der Waals surface area contributed by atoms with Gasteiger partial charge in [0.25, 0.3) is 11.6 Å². The zero-order valence-electron chi connectivity index (χ0n) is 13.9. The molecule has 0 spiro atoms. The van der Waals surface area contributed by atoms with Crippen LogP contribution in [0.5, 0.6) is 0 Å². The van der Waals surface area contributed by atoms with E-state index >= 15 is 0 Å². The highest BCUT2D eigenvalue weighted by Crippen LogP contribution is 2.20. The van der Waals surface area contributed by atoms with E-state index in [0.717, 1.165) is 44.8 Å². The van der Waals surface area contributed by atoms with E-state index in [4.69, 9.17) is 4.74 Å². The van der Waals surface area contributed by atoms with Crippen LogP contribution in [-0.4, -0.2) is 66.6 Å². The number of non-ortho nitro benzene ring substituents is 1. The van der Waals surface area contributed by atoms with Gasteiger partial charge >= 0.3 is 0 Å². The van der Waals surface area contributed by atoms with Crippen molar-refractivity contribution in [2.45, 2.75) is 13.3 Å². The predicted octanol–water partition coefficient (Wildman–Crippen LogP) is 1.70. The number of rotatable bonds is 4. The fraction of sp³-hybridized carbons (Fsp3) is 0.588. The lowest BCUT2D eigenvalue weighted by Crippen LogP contribution is -2.50. The molecule has 7 nitrogen and oxygen atoms in total. The Bertz CT molecular complexity index is 620. The maximum atomic E-state index is 12.7. The number of ether oxygens (including phenoxy) is 1. The molecule has 1 aromatic carbocycles. The Kier molecular flexibility index (Phi) is 5.11. The van der Waals surface area contributed by atoms with Crippen LogP contribution in [0.15, 0.2) is 18.2 Å². The summed E-state index contributed by atoms with van der Waals surface area (Å²) < 4.78 is 5.41. The average molecular weight is 333 g/mol. The van der Waals surface area contributed by atoms with Crippen molar-refractivity contribution >= 4 is 11.6 Å². The third kappa shape index (κ3) is 3.73. The van der Waals surface area contributed by atoms with Gasteiger partial charge in [-0.15, -0.1) is 0 Å². The summed E-state index contributed by atoms with van der Waals surface area (Å²) in [6, 6.07) is 4.47. The van der Waals surface area contributed by atoms with Gasteiger partial charge < -0.3 is 9.64 Å². The minimum atomic E-state index is -0.460. The van der Waals surface area contributed by atoms with Crippen LogP contribution in [0.25, 0.3) is 0 Å².